The Bertz CT molecular complexity index is 859. The van der Waals surface area contributed by atoms with Gasteiger partial charge in [-0.25, -0.2) is 0 Å². The molecule has 24 heavy (non-hydrogen) atoms. The van der Waals surface area contributed by atoms with Gasteiger partial charge in [-0.2, -0.15) is 5.10 Å². The standard InChI is InChI=1S/C17H15ClN4O2/c18-14-5-2-1-4-13(14)16-10-15(20-24-16)17(23)21-9-6-12(11-21)22-8-3-7-19-22/h1-5,7-8,10,12H,6,9,11H2. The number of halogens is 1. The molecule has 1 aromatic carbocycles. The zero-order valence-corrected chi connectivity index (χ0v) is 13.6. The van der Waals surface area contributed by atoms with E-state index in [1.807, 2.05) is 35.1 Å². The van der Waals surface area contributed by atoms with Crippen molar-refractivity contribution < 1.29 is 9.32 Å². The summed E-state index contributed by atoms with van der Waals surface area (Å²) in [5.74, 6) is 0.360. The summed E-state index contributed by atoms with van der Waals surface area (Å²) in [4.78, 5) is 14.4. The van der Waals surface area contributed by atoms with Crippen molar-refractivity contribution in [2.24, 2.45) is 0 Å². The average Bonchev–Trinajstić information content (AvgIpc) is 3.34. The summed E-state index contributed by atoms with van der Waals surface area (Å²) in [6.45, 7) is 1.30. The lowest BCUT2D eigenvalue weighted by molar-refractivity contribution is 0.0777. The number of rotatable bonds is 3. The van der Waals surface area contributed by atoms with Gasteiger partial charge in [0.05, 0.1) is 11.1 Å². The highest BCUT2D eigenvalue weighted by molar-refractivity contribution is 6.33. The number of hydrogen-bond acceptors (Lipinski definition) is 4. The summed E-state index contributed by atoms with van der Waals surface area (Å²) in [6.07, 6.45) is 4.55. The predicted octanol–water partition coefficient (Wildman–Crippen LogP) is 3.28. The highest BCUT2D eigenvalue weighted by Gasteiger charge is 2.30. The van der Waals surface area contributed by atoms with Gasteiger partial charge in [0.1, 0.15) is 0 Å². The molecule has 1 amide bonds. The van der Waals surface area contributed by atoms with Gasteiger partial charge in [0.15, 0.2) is 11.5 Å². The molecule has 1 saturated heterocycles. The van der Waals surface area contributed by atoms with Gasteiger partial charge in [0, 0.05) is 37.1 Å². The Hall–Kier alpha value is -2.60. The van der Waals surface area contributed by atoms with Gasteiger partial charge in [-0.15, -0.1) is 0 Å². The van der Waals surface area contributed by atoms with E-state index in [4.69, 9.17) is 16.1 Å². The summed E-state index contributed by atoms with van der Waals surface area (Å²) in [5, 5.41) is 8.73. The largest absolute Gasteiger partial charge is 0.355 e. The number of benzene rings is 1. The summed E-state index contributed by atoms with van der Waals surface area (Å²) in [6, 6.07) is 11.0. The summed E-state index contributed by atoms with van der Waals surface area (Å²) in [5.41, 5.74) is 1.02. The quantitative estimate of drug-likeness (QED) is 0.732. The van der Waals surface area contributed by atoms with Crippen molar-refractivity contribution in [1.29, 1.82) is 0 Å². The van der Waals surface area contributed by atoms with Gasteiger partial charge in [0.2, 0.25) is 0 Å². The monoisotopic (exact) mass is 342 g/mol. The Labute approximate surface area is 143 Å². The molecule has 122 valence electrons. The summed E-state index contributed by atoms with van der Waals surface area (Å²) in [7, 11) is 0. The van der Waals surface area contributed by atoms with E-state index in [0.29, 0.717) is 29.6 Å². The normalized spacial score (nSPS) is 17.4. The van der Waals surface area contributed by atoms with Crippen LogP contribution >= 0.6 is 11.6 Å². The maximum Gasteiger partial charge on any atom is 0.276 e. The van der Waals surface area contributed by atoms with Gasteiger partial charge >= 0.3 is 0 Å². The number of aromatic nitrogens is 3. The fraction of sp³-hybridized carbons (Fsp3) is 0.235. The van der Waals surface area contributed by atoms with E-state index in [1.165, 1.54) is 0 Å². The molecule has 6 nitrogen and oxygen atoms in total. The van der Waals surface area contributed by atoms with Crippen LogP contribution in [0.25, 0.3) is 11.3 Å². The van der Waals surface area contributed by atoms with E-state index < -0.39 is 0 Å². The Morgan fingerprint density at radius 3 is 2.96 bits per heavy atom. The molecule has 2 aromatic heterocycles. The number of carbonyl (C=O) groups is 1. The van der Waals surface area contributed by atoms with Crippen LogP contribution in [-0.4, -0.2) is 38.8 Å². The van der Waals surface area contributed by atoms with Crippen LogP contribution in [0.15, 0.2) is 53.3 Å². The molecule has 4 rings (SSSR count). The first-order valence-corrected chi connectivity index (χ1v) is 8.10. The zero-order chi connectivity index (χ0) is 16.5. The fourth-order valence-electron chi connectivity index (χ4n) is 2.96. The maximum atomic E-state index is 12.6. The van der Waals surface area contributed by atoms with E-state index in [2.05, 4.69) is 10.3 Å². The van der Waals surface area contributed by atoms with Crippen molar-refractivity contribution in [2.75, 3.05) is 13.1 Å². The molecule has 3 aromatic rings. The predicted molar refractivity (Wildman–Crippen MR) is 88.7 cm³/mol. The molecule has 1 aliphatic heterocycles. The minimum Gasteiger partial charge on any atom is -0.355 e. The Kier molecular flexibility index (Phi) is 3.82. The number of likely N-dealkylation sites (tertiary alicyclic amines) is 1. The van der Waals surface area contributed by atoms with E-state index in [-0.39, 0.29) is 11.9 Å². The van der Waals surface area contributed by atoms with Crippen LogP contribution in [0.1, 0.15) is 23.0 Å². The average molecular weight is 343 g/mol. The Morgan fingerprint density at radius 1 is 1.29 bits per heavy atom. The fourth-order valence-corrected chi connectivity index (χ4v) is 3.19. The van der Waals surface area contributed by atoms with Gasteiger partial charge in [-0.3, -0.25) is 9.48 Å². The van der Waals surface area contributed by atoms with Crippen molar-refractivity contribution in [3.8, 4) is 11.3 Å². The molecule has 1 aliphatic rings. The molecule has 1 fully saturated rings. The number of amides is 1. The van der Waals surface area contributed by atoms with E-state index >= 15 is 0 Å². The Balaban J connectivity index is 1.51. The van der Waals surface area contributed by atoms with Crippen molar-refractivity contribution in [3.05, 3.63) is 59.5 Å². The topological polar surface area (TPSA) is 64.2 Å². The molecule has 0 spiro atoms. The van der Waals surface area contributed by atoms with E-state index in [0.717, 1.165) is 12.0 Å². The van der Waals surface area contributed by atoms with Gasteiger partial charge in [0.25, 0.3) is 5.91 Å². The summed E-state index contributed by atoms with van der Waals surface area (Å²) < 4.78 is 7.21. The number of nitrogens with zero attached hydrogens (tertiary/aromatic N) is 4. The van der Waals surface area contributed by atoms with Crippen LogP contribution in [0.2, 0.25) is 5.02 Å². The second kappa shape index (κ2) is 6.13. The first-order valence-electron chi connectivity index (χ1n) is 7.72. The van der Waals surface area contributed by atoms with Crippen molar-refractivity contribution in [1.82, 2.24) is 19.8 Å². The number of carbonyl (C=O) groups excluding carboxylic acids is 1. The van der Waals surface area contributed by atoms with Crippen LogP contribution in [0, 0.1) is 0 Å². The van der Waals surface area contributed by atoms with Crippen LogP contribution < -0.4 is 0 Å². The zero-order valence-electron chi connectivity index (χ0n) is 12.8. The molecule has 0 N–H and O–H groups in total. The number of hydrogen-bond donors (Lipinski definition) is 0. The second-order valence-electron chi connectivity index (χ2n) is 5.74. The minimum atomic E-state index is -0.133. The van der Waals surface area contributed by atoms with Crippen molar-refractivity contribution >= 4 is 17.5 Å². The third-order valence-electron chi connectivity index (χ3n) is 4.22. The third-order valence-corrected chi connectivity index (χ3v) is 4.55. The summed E-state index contributed by atoms with van der Waals surface area (Å²) >= 11 is 6.16. The first-order chi connectivity index (χ1) is 11.7. The molecular formula is C17H15ClN4O2. The highest BCUT2D eigenvalue weighted by Crippen LogP contribution is 2.29. The SMILES string of the molecule is O=C(c1cc(-c2ccccc2Cl)on1)N1CCC(n2cccn2)C1. The lowest BCUT2D eigenvalue weighted by atomic mass is 10.1. The van der Waals surface area contributed by atoms with E-state index in [1.54, 1.807) is 23.2 Å². The molecule has 1 atom stereocenters. The van der Waals surface area contributed by atoms with Gasteiger partial charge in [-0.05, 0) is 24.6 Å². The molecular weight excluding hydrogens is 328 g/mol. The third kappa shape index (κ3) is 2.69. The maximum absolute atomic E-state index is 12.6. The van der Waals surface area contributed by atoms with Crippen LogP contribution in [0.5, 0.6) is 0 Å². The second-order valence-corrected chi connectivity index (χ2v) is 6.14. The highest BCUT2D eigenvalue weighted by atomic mass is 35.5. The molecule has 0 aliphatic carbocycles. The van der Waals surface area contributed by atoms with Gasteiger partial charge in [-0.1, -0.05) is 28.9 Å². The van der Waals surface area contributed by atoms with Gasteiger partial charge < -0.3 is 9.42 Å². The lowest BCUT2D eigenvalue weighted by Gasteiger charge is -2.14. The van der Waals surface area contributed by atoms with Crippen LogP contribution in [0.3, 0.4) is 0 Å². The Morgan fingerprint density at radius 2 is 2.17 bits per heavy atom. The lowest BCUT2D eigenvalue weighted by Crippen LogP contribution is -2.29. The molecule has 0 bridgehead atoms. The first kappa shape index (κ1) is 15.0. The van der Waals surface area contributed by atoms with E-state index in [9.17, 15) is 4.79 Å². The minimum absolute atomic E-state index is 0.133. The molecule has 0 radical (unpaired) electrons. The molecule has 3 heterocycles. The molecule has 7 heteroatoms. The van der Waals surface area contributed by atoms with Crippen LogP contribution in [-0.2, 0) is 0 Å². The van der Waals surface area contributed by atoms with Crippen molar-refractivity contribution in [2.45, 2.75) is 12.5 Å². The smallest absolute Gasteiger partial charge is 0.276 e. The van der Waals surface area contributed by atoms with Crippen molar-refractivity contribution in [3.63, 3.8) is 0 Å². The molecule has 0 saturated carbocycles. The molecule has 1 unspecified atom stereocenters. The van der Waals surface area contributed by atoms with Crippen LogP contribution in [0.4, 0.5) is 0 Å².